The van der Waals surface area contributed by atoms with Crippen LogP contribution in [0.3, 0.4) is 0 Å². The predicted molar refractivity (Wildman–Crippen MR) is 63.7 cm³/mol. The van der Waals surface area contributed by atoms with Gasteiger partial charge in [0.05, 0.1) is 5.52 Å². The van der Waals surface area contributed by atoms with E-state index in [1.165, 1.54) is 24.0 Å². The van der Waals surface area contributed by atoms with E-state index in [9.17, 15) is 4.79 Å². The number of nitrogens with one attached hydrogen (secondary N) is 1. The molecule has 1 aromatic carbocycles. The molecule has 0 saturated heterocycles. The Morgan fingerprint density at radius 3 is 2.62 bits per heavy atom. The summed E-state index contributed by atoms with van der Waals surface area (Å²) in [6.45, 7) is 1.93. The minimum absolute atomic E-state index is 0.249. The predicted octanol–water partition coefficient (Wildman–Crippen LogP) is 2.11. The second-order valence-electron chi connectivity index (χ2n) is 4.51. The zero-order chi connectivity index (χ0) is 11.1. The number of aryl methyl sites for hydroxylation is 3. The van der Waals surface area contributed by atoms with Gasteiger partial charge < -0.3 is 4.98 Å². The van der Waals surface area contributed by atoms with Crippen molar-refractivity contribution < 1.29 is 0 Å². The Kier molecular flexibility index (Phi) is 2.06. The smallest absolute Gasteiger partial charge is 0.309 e. The molecule has 1 aromatic heterocycles. The lowest BCUT2D eigenvalue weighted by Crippen LogP contribution is -2.12. The third-order valence-electron chi connectivity index (χ3n) is 3.38. The van der Waals surface area contributed by atoms with Crippen LogP contribution in [-0.2, 0) is 12.8 Å². The summed E-state index contributed by atoms with van der Waals surface area (Å²) in [5.74, 6) is 0. The monoisotopic (exact) mass is 214 g/mol. The Morgan fingerprint density at radius 1 is 1.19 bits per heavy atom. The van der Waals surface area contributed by atoms with Gasteiger partial charge in [-0.15, -0.1) is 0 Å². The third-order valence-corrected chi connectivity index (χ3v) is 3.38. The second-order valence-corrected chi connectivity index (χ2v) is 4.51. The first-order chi connectivity index (χ1) is 7.74. The fourth-order valence-electron chi connectivity index (χ4n) is 2.53. The van der Waals surface area contributed by atoms with Gasteiger partial charge in [0.15, 0.2) is 0 Å². The molecule has 0 saturated carbocycles. The molecule has 2 aromatic rings. The number of nitrogens with zero attached hydrogens (tertiary/aromatic N) is 1. The number of aromatic nitrogens is 2. The average molecular weight is 214 g/mol. The van der Waals surface area contributed by atoms with Crippen molar-refractivity contribution >= 4 is 10.9 Å². The Morgan fingerprint density at radius 2 is 1.88 bits per heavy atom. The number of H-pyrrole nitrogens is 1. The maximum atomic E-state index is 11.3. The number of hydrogen-bond acceptors (Lipinski definition) is 2. The highest BCUT2D eigenvalue weighted by Gasteiger charge is 2.12. The molecule has 0 unspecified atom stereocenters. The molecule has 1 aliphatic carbocycles. The van der Waals surface area contributed by atoms with Gasteiger partial charge in [0.25, 0.3) is 0 Å². The van der Waals surface area contributed by atoms with Gasteiger partial charge in [-0.3, -0.25) is 0 Å². The van der Waals surface area contributed by atoms with E-state index in [1.807, 2.05) is 6.92 Å². The summed E-state index contributed by atoms with van der Waals surface area (Å²) in [6, 6.07) is 4.29. The van der Waals surface area contributed by atoms with Crippen molar-refractivity contribution in [2.75, 3.05) is 0 Å². The summed E-state index contributed by atoms with van der Waals surface area (Å²) in [5.41, 5.74) is 4.30. The summed E-state index contributed by atoms with van der Waals surface area (Å²) >= 11 is 0. The second kappa shape index (κ2) is 3.44. The number of rotatable bonds is 0. The molecule has 0 bridgehead atoms. The van der Waals surface area contributed by atoms with E-state index in [2.05, 4.69) is 22.1 Å². The summed E-state index contributed by atoms with van der Waals surface area (Å²) < 4.78 is 0. The van der Waals surface area contributed by atoms with Crippen molar-refractivity contribution in [3.63, 3.8) is 0 Å². The van der Waals surface area contributed by atoms with Gasteiger partial charge in [-0.25, -0.2) is 4.79 Å². The van der Waals surface area contributed by atoms with Crippen LogP contribution in [0.15, 0.2) is 16.9 Å². The zero-order valence-electron chi connectivity index (χ0n) is 9.34. The largest absolute Gasteiger partial charge is 0.345 e. The number of benzene rings is 1. The van der Waals surface area contributed by atoms with Crippen LogP contribution in [0.5, 0.6) is 0 Å². The average Bonchev–Trinajstić information content (AvgIpc) is 2.27. The first-order valence-electron chi connectivity index (χ1n) is 5.76. The van der Waals surface area contributed by atoms with Gasteiger partial charge in [-0.05, 0) is 55.9 Å². The normalized spacial score (nSPS) is 15.1. The van der Waals surface area contributed by atoms with Crippen LogP contribution in [-0.4, -0.2) is 9.97 Å². The highest BCUT2D eigenvalue weighted by atomic mass is 16.1. The van der Waals surface area contributed by atoms with E-state index in [0.29, 0.717) is 0 Å². The van der Waals surface area contributed by atoms with Gasteiger partial charge >= 0.3 is 5.69 Å². The van der Waals surface area contributed by atoms with E-state index in [4.69, 9.17) is 0 Å². The van der Waals surface area contributed by atoms with Gasteiger partial charge in [0.1, 0.15) is 0 Å². The standard InChI is InChI=1S/C13H14N2O/c1-8-11-6-9-4-2-3-5-10(9)7-12(11)15-13(16)14-8/h6-7H,2-5H2,1H3,(H,14,15,16). The maximum Gasteiger partial charge on any atom is 0.345 e. The first kappa shape index (κ1) is 9.58. The molecule has 1 aliphatic rings. The van der Waals surface area contributed by atoms with E-state index in [0.717, 1.165) is 29.4 Å². The minimum Gasteiger partial charge on any atom is -0.309 e. The number of hydrogen-bond donors (Lipinski definition) is 1. The van der Waals surface area contributed by atoms with Crippen molar-refractivity contribution in [2.45, 2.75) is 32.6 Å². The van der Waals surface area contributed by atoms with Crippen molar-refractivity contribution in [1.82, 2.24) is 9.97 Å². The van der Waals surface area contributed by atoms with Crippen molar-refractivity contribution in [3.8, 4) is 0 Å². The summed E-state index contributed by atoms with van der Waals surface area (Å²) in [6.07, 6.45) is 4.80. The summed E-state index contributed by atoms with van der Waals surface area (Å²) in [7, 11) is 0. The van der Waals surface area contributed by atoms with Crippen molar-refractivity contribution in [3.05, 3.63) is 39.4 Å². The first-order valence-corrected chi connectivity index (χ1v) is 5.76. The molecule has 0 spiro atoms. The molecule has 0 fully saturated rings. The fourth-order valence-corrected chi connectivity index (χ4v) is 2.53. The molecule has 0 amide bonds. The van der Waals surface area contributed by atoms with Crippen LogP contribution in [0.1, 0.15) is 29.7 Å². The molecule has 0 radical (unpaired) electrons. The Hall–Kier alpha value is -1.64. The van der Waals surface area contributed by atoms with Crippen LogP contribution >= 0.6 is 0 Å². The lowest BCUT2D eigenvalue weighted by atomic mass is 9.90. The van der Waals surface area contributed by atoms with Crippen LogP contribution < -0.4 is 5.69 Å². The van der Waals surface area contributed by atoms with E-state index < -0.39 is 0 Å². The lowest BCUT2D eigenvalue weighted by Gasteiger charge is -2.16. The molecule has 3 nitrogen and oxygen atoms in total. The fraction of sp³-hybridized carbons (Fsp3) is 0.385. The third kappa shape index (κ3) is 1.43. The van der Waals surface area contributed by atoms with Crippen molar-refractivity contribution in [2.24, 2.45) is 0 Å². The van der Waals surface area contributed by atoms with Crippen LogP contribution in [0.25, 0.3) is 10.9 Å². The molecule has 16 heavy (non-hydrogen) atoms. The van der Waals surface area contributed by atoms with Crippen LogP contribution in [0.4, 0.5) is 0 Å². The molecule has 3 rings (SSSR count). The molecular formula is C13H14N2O. The van der Waals surface area contributed by atoms with Gasteiger partial charge in [0, 0.05) is 11.1 Å². The quantitative estimate of drug-likeness (QED) is 0.730. The minimum atomic E-state index is -0.249. The Balaban J connectivity index is 2.35. The van der Waals surface area contributed by atoms with E-state index in [-0.39, 0.29) is 5.69 Å². The van der Waals surface area contributed by atoms with Crippen molar-refractivity contribution in [1.29, 1.82) is 0 Å². The summed E-state index contributed by atoms with van der Waals surface area (Å²) in [5, 5.41) is 1.08. The molecule has 1 N–H and O–H groups in total. The Bertz CT molecular complexity index is 613. The lowest BCUT2D eigenvalue weighted by molar-refractivity contribution is 0.686. The van der Waals surface area contributed by atoms with Gasteiger partial charge in [-0.2, -0.15) is 4.98 Å². The van der Waals surface area contributed by atoms with E-state index >= 15 is 0 Å². The molecule has 1 heterocycles. The Labute approximate surface area is 93.5 Å². The molecule has 82 valence electrons. The summed E-state index contributed by atoms with van der Waals surface area (Å²) in [4.78, 5) is 18.1. The molecule has 0 atom stereocenters. The topological polar surface area (TPSA) is 45.8 Å². The van der Waals surface area contributed by atoms with Gasteiger partial charge in [-0.1, -0.05) is 0 Å². The molecule has 0 aliphatic heterocycles. The molecule has 3 heteroatoms. The zero-order valence-corrected chi connectivity index (χ0v) is 9.34. The maximum absolute atomic E-state index is 11.3. The highest BCUT2D eigenvalue weighted by molar-refractivity contribution is 5.82. The SMILES string of the molecule is Cc1[nH]c(=O)nc2cc3c(cc12)CCCC3. The van der Waals surface area contributed by atoms with Crippen LogP contribution in [0, 0.1) is 6.92 Å². The van der Waals surface area contributed by atoms with Crippen LogP contribution in [0.2, 0.25) is 0 Å². The van der Waals surface area contributed by atoms with Gasteiger partial charge in [0.2, 0.25) is 0 Å². The molecular weight excluding hydrogens is 200 g/mol. The van der Waals surface area contributed by atoms with E-state index in [1.54, 1.807) is 0 Å². The highest BCUT2D eigenvalue weighted by Crippen LogP contribution is 2.25. The number of aromatic amines is 1. The number of fused-ring (bicyclic) bond motifs is 2.